The maximum absolute atomic E-state index is 13.7. The molecule has 0 radical (unpaired) electrons. The summed E-state index contributed by atoms with van der Waals surface area (Å²) in [6, 6.07) is 19.5. The van der Waals surface area contributed by atoms with E-state index in [9.17, 15) is 13.8 Å². The summed E-state index contributed by atoms with van der Waals surface area (Å²) < 4.78 is 13.6. The fraction of sp³-hybridized carbons (Fsp3) is 0.259. The molecule has 1 fully saturated rings. The van der Waals surface area contributed by atoms with Crippen molar-refractivity contribution in [2.24, 2.45) is 0 Å². The lowest BCUT2D eigenvalue weighted by molar-refractivity contribution is 0.0643. The Labute approximate surface area is 212 Å². The first-order valence-corrected chi connectivity index (χ1v) is 13.2. The number of carbonyl (C=O) groups is 2. The van der Waals surface area contributed by atoms with Crippen LogP contribution in [0.15, 0.2) is 76.5 Å². The summed E-state index contributed by atoms with van der Waals surface area (Å²) in [4.78, 5) is 33.9. The van der Waals surface area contributed by atoms with Gasteiger partial charge in [0.2, 0.25) is 0 Å². The third kappa shape index (κ3) is 4.63. The lowest BCUT2D eigenvalue weighted by atomic mass is 10.1. The molecule has 35 heavy (non-hydrogen) atoms. The maximum atomic E-state index is 13.7. The van der Waals surface area contributed by atoms with E-state index in [2.05, 4.69) is 11.8 Å². The number of likely N-dealkylation sites (N-methyl/N-ethyl adjacent to an activating group) is 1. The van der Waals surface area contributed by atoms with Gasteiger partial charge in [0.05, 0.1) is 38.4 Å². The number of rotatable bonds is 4. The first-order chi connectivity index (χ1) is 17.0. The molecule has 2 heterocycles. The van der Waals surface area contributed by atoms with Crippen LogP contribution in [0.25, 0.3) is 0 Å². The molecule has 5 rings (SSSR count). The highest BCUT2D eigenvalue weighted by Crippen LogP contribution is 2.36. The standard InChI is InChI=1S/C27H26ClN3O3S/c1-2-29-12-14-30(15-13-29)26(32)20-10-11-25-23(17-20)31(18-19-6-5-7-21(28)16-19)27(33)22-8-3-4-9-24(22)35(25)34/h3-11,16-17H,2,12-15,18H2,1H3/t35-/m0/s1. The van der Waals surface area contributed by atoms with Crippen LogP contribution in [0.1, 0.15) is 33.2 Å². The average molecular weight is 508 g/mol. The number of amides is 2. The summed E-state index contributed by atoms with van der Waals surface area (Å²) in [6.07, 6.45) is 0. The van der Waals surface area contributed by atoms with E-state index in [1.807, 2.05) is 23.1 Å². The minimum atomic E-state index is -1.56. The Morgan fingerprint density at radius 1 is 0.943 bits per heavy atom. The molecule has 1 saturated heterocycles. The Bertz CT molecular complexity index is 1320. The SMILES string of the molecule is CCN1CCN(C(=O)c2ccc3c(c2)N(Cc2cccc(Cl)c2)C(=O)c2ccccc2[S@@]3=O)CC1. The molecular formula is C27H26ClN3O3S. The predicted molar refractivity (Wildman–Crippen MR) is 138 cm³/mol. The number of benzene rings is 3. The molecule has 0 unspecified atom stereocenters. The van der Waals surface area contributed by atoms with E-state index in [-0.39, 0.29) is 18.4 Å². The van der Waals surface area contributed by atoms with Crippen molar-refractivity contribution in [1.29, 1.82) is 0 Å². The molecular weight excluding hydrogens is 482 g/mol. The lowest BCUT2D eigenvalue weighted by Crippen LogP contribution is -2.48. The summed E-state index contributed by atoms with van der Waals surface area (Å²) in [6.45, 7) is 6.32. The van der Waals surface area contributed by atoms with E-state index in [0.717, 1.165) is 25.2 Å². The fourth-order valence-electron chi connectivity index (χ4n) is 4.62. The quantitative estimate of drug-likeness (QED) is 0.523. The van der Waals surface area contributed by atoms with Crippen LogP contribution in [0.2, 0.25) is 5.02 Å². The molecule has 2 amide bonds. The number of piperazine rings is 1. The molecule has 0 saturated carbocycles. The van der Waals surface area contributed by atoms with Gasteiger partial charge in [0, 0.05) is 36.8 Å². The van der Waals surface area contributed by atoms with Gasteiger partial charge in [-0.2, -0.15) is 0 Å². The van der Waals surface area contributed by atoms with E-state index in [4.69, 9.17) is 11.6 Å². The Balaban J connectivity index is 1.57. The maximum Gasteiger partial charge on any atom is 0.259 e. The van der Waals surface area contributed by atoms with Crippen molar-refractivity contribution in [1.82, 2.24) is 9.80 Å². The topological polar surface area (TPSA) is 60.9 Å². The van der Waals surface area contributed by atoms with Gasteiger partial charge in [-0.25, -0.2) is 4.21 Å². The van der Waals surface area contributed by atoms with Crippen LogP contribution in [0.5, 0.6) is 0 Å². The van der Waals surface area contributed by atoms with Crippen molar-refractivity contribution in [3.63, 3.8) is 0 Å². The Morgan fingerprint density at radius 2 is 1.71 bits per heavy atom. The second kappa shape index (κ2) is 9.93. The molecule has 0 N–H and O–H groups in total. The lowest BCUT2D eigenvalue weighted by Gasteiger charge is -2.34. The van der Waals surface area contributed by atoms with E-state index < -0.39 is 10.8 Å². The van der Waals surface area contributed by atoms with Crippen molar-refractivity contribution < 1.29 is 13.8 Å². The molecule has 8 heteroatoms. The van der Waals surface area contributed by atoms with Crippen LogP contribution < -0.4 is 4.90 Å². The van der Waals surface area contributed by atoms with Crippen molar-refractivity contribution in [3.05, 3.63) is 88.4 Å². The number of fused-ring (bicyclic) bond motifs is 2. The highest BCUT2D eigenvalue weighted by molar-refractivity contribution is 7.85. The number of carbonyl (C=O) groups excluding carboxylic acids is 2. The number of halogens is 1. The third-order valence-electron chi connectivity index (χ3n) is 6.60. The molecule has 0 aliphatic carbocycles. The first-order valence-electron chi connectivity index (χ1n) is 11.7. The summed E-state index contributed by atoms with van der Waals surface area (Å²) in [5.41, 5.74) is 2.21. The van der Waals surface area contributed by atoms with Crippen LogP contribution in [0, 0.1) is 0 Å². The number of anilines is 1. The number of hydrogen-bond donors (Lipinski definition) is 0. The van der Waals surface area contributed by atoms with Crippen LogP contribution in [-0.4, -0.2) is 58.5 Å². The Kier molecular flexibility index (Phi) is 6.73. The molecule has 0 aromatic heterocycles. The average Bonchev–Trinajstić information content (AvgIpc) is 2.98. The second-order valence-electron chi connectivity index (χ2n) is 8.70. The minimum absolute atomic E-state index is 0.0775. The third-order valence-corrected chi connectivity index (χ3v) is 8.33. The number of hydrogen-bond acceptors (Lipinski definition) is 4. The van der Waals surface area contributed by atoms with Gasteiger partial charge in [0.1, 0.15) is 0 Å². The summed E-state index contributed by atoms with van der Waals surface area (Å²) in [5.74, 6) is -0.333. The monoisotopic (exact) mass is 507 g/mol. The van der Waals surface area contributed by atoms with Crippen LogP contribution >= 0.6 is 11.6 Å². The number of nitrogens with zero attached hydrogens (tertiary/aromatic N) is 3. The highest BCUT2D eigenvalue weighted by Gasteiger charge is 2.32. The van der Waals surface area contributed by atoms with Crippen LogP contribution in [0.4, 0.5) is 5.69 Å². The van der Waals surface area contributed by atoms with Gasteiger partial charge in [-0.1, -0.05) is 42.8 Å². The predicted octanol–water partition coefficient (Wildman–Crippen LogP) is 4.44. The molecule has 6 nitrogen and oxygen atoms in total. The van der Waals surface area contributed by atoms with E-state index >= 15 is 0 Å². The highest BCUT2D eigenvalue weighted by atomic mass is 35.5. The molecule has 3 aromatic carbocycles. The summed E-state index contributed by atoms with van der Waals surface area (Å²) >= 11 is 6.20. The van der Waals surface area contributed by atoms with Gasteiger partial charge in [-0.3, -0.25) is 9.59 Å². The molecule has 2 aliphatic rings. The van der Waals surface area contributed by atoms with Gasteiger partial charge in [-0.05, 0) is 54.6 Å². The summed E-state index contributed by atoms with van der Waals surface area (Å²) in [7, 11) is -1.56. The van der Waals surface area contributed by atoms with Crippen molar-refractivity contribution in [3.8, 4) is 0 Å². The molecule has 3 aromatic rings. The van der Waals surface area contributed by atoms with Gasteiger partial charge in [0.25, 0.3) is 11.8 Å². The zero-order chi connectivity index (χ0) is 24.5. The molecule has 180 valence electrons. The summed E-state index contributed by atoms with van der Waals surface area (Å²) in [5, 5.41) is 0.573. The molecule has 2 aliphatic heterocycles. The zero-order valence-corrected chi connectivity index (χ0v) is 21.0. The molecule has 0 bridgehead atoms. The van der Waals surface area contributed by atoms with Gasteiger partial charge < -0.3 is 14.7 Å². The molecule has 0 spiro atoms. The normalized spacial score (nSPS) is 18.1. The largest absolute Gasteiger partial charge is 0.336 e. The molecule has 1 atom stereocenters. The smallest absolute Gasteiger partial charge is 0.259 e. The van der Waals surface area contributed by atoms with E-state index in [1.165, 1.54) is 0 Å². The van der Waals surface area contributed by atoms with Gasteiger partial charge >= 0.3 is 0 Å². The first kappa shape index (κ1) is 23.7. The van der Waals surface area contributed by atoms with Gasteiger partial charge in [0.15, 0.2) is 0 Å². The minimum Gasteiger partial charge on any atom is -0.336 e. The van der Waals surface area contributed by atoms with Crippen molar-refractivity contribution in [2.45, 2.75) is 23.3 Å². The van der Waals surface area contributed by atoms with E-state index in [1.54, 1.807) is 53.4 Å². The van der Waals surface area contributed by atoms with Gasteiger partial charge in [-0.15, -0.1) is 0 Å². The second-order valence-corrected chi connectivity index (χ2v) is 10.5. The zero-order valence-electron chi connectivity index (χ0n) is 19.4. The Hall–Kier alpha value is -3.00. The Morgan fingerprint density at radius 3 is 2.46 bits per heavy atom. The van der Waals surface area contributed by atoms with Crippen molar-refractivity contribution >= 4 is 39.9 Å². The fourth-order valence-corrected chi connectivity index (χ4v) is 6.18. The van der Waals surface area contributed by atoms with Crippen LogP contribution in [-0.2, 0) is 17.3 Å². The van der Waals surface area contributed by atoms with E-state index in [0.29, 0.717) is 44.7 Å². The van der Waals surface area contributed by atoms with Crippen molar-refractivity contribution in [2.75, 3.05) is 37.6 Å². The van der Waals surface area contributed by atoms with Crippen LogP contribution in [0.3, 0.4) is 0 Å².